The number of anilines is 2. The molecule has 3 aromatic rings. The number of hydrogen-bond donors (Lipinski definition) is 3. The van der Waals surface area contributed by atoms with E-state index in [9.17, 15) is 0 Å². The van der Waals surface area contributed by atoms with Crippen molar-refractivity contribution in [1.82, 2.24) is 20.2 Å². The second-order valence-electron chi connectivity index (χ2n) is 9.96. The van der Waals surface area contributed by atoms with Crippen molar-refractivity contribution < 1.29 is 4.74 Å². The summed E-state index contributed by atoms with van der Waals surface area (Å²) in [6, 6.07) is 10.3. The summed E-state index contributed by atoms with van der Waals surface area (Å²) >= 11 is 1.78. The molecule has 3 aliphatic rings. The zero-order valence-corrected chi connectivity index (χ0v) is 21.0. The Morgan fingerprint density at radius 1 is 1.12 bits per heavy atom. The molecule has 0 saturated carbocycles. The molecule has 0 aliphatic carbocycles. The number of aromatic amines is 1. The highest BCUT2D eigenvalue weighted by Gasteiger charge is 2.28. The van der Waals surface area contributed by atoms with Crippen LogP contribution in [0.1, 0.15) is 37.4 Å². The summed E-state index contributed by atoms with van der Waals surface area (Å²) < 4.78 is 5.58. The van der Waals surface area contributed by atoms with Crippen molar-refractivity contribution in [2.45, 2.75) is 44.8 Å². The van der Waals surface area contributed by atoms with Crippen LogP contribution in [0.4, 0.5) is 11.4 Å². The van der Waals surface area contributed by atoms with Crippen LogP contribution in [0.5, 0.6) is 0 Å². The first-order chi connectivity index (χ1) is 16.6. The molecule has 0 spiro atoms. The van der Waals surface area contributed by atoms with E-state index >= 15 is 0 Å². The molecule has 6 rings (SSSR count). The van der Waals surface area contributed by atoms with Crippen LogP contribution in [0.15, 0.2) is 29.6 Å². The summed E-state index contributed by atoms with van der Waals surface area (Å²) in [6.07, 6.45) is 2.08. The number of ether oxygens (including phenoxy) is 1. The van der Waals surface area contributed by atoms with E-state index < -0.39 is 0 Å². The molecule has 0 unspecified atom stereocenters. The van der Waals surface area contributed by atoms with Crippen LogP contribution in [0.3, 0.4) is 0 Å². The van der Waals surface area contributed by atoms with Crippen molar-refractivity contribution in [3.63, 3.8) is 0 Å². The van der Waals surface area contributed by atoms with E-state index in [4.69, 9.17) is 9.72 Å². The minimum Gasteiger partial charge on any atom is -0.381 e. The first-order valence-electron chi connectivity index (χ1n) is 12.4. The van der Waals surface area contributed by atoms with Gasteiger partial charge in [0.2, 0.25) is 0 Å². The number of nitrogens with one attached hydrogen (secondary N) is 3. The van der Waals surface area contributed by atoms with Crippen LogP contribution in [-0.2, 0) is 4.74 Å². The van der Waals surface area contributed by atoms with E-state index in [0.29, 0.717) is 18.1 Å². The number of rotatable bonds is 4. The van der Waals surface area contributed by atoms with Gasteiger partial charge in [0.15, 0.2) is 0 Å². The van der Waals surface area contributed by atoms with Gasteiger partial charge in [0.1, 0.15) is 5.82 Å². The molecule has 7 nitrogen and oxygen atoms in total. The van der Waals surface area contributed by atoms with Crippen LogP contribution in [0.25, 0.3) is 22.3 Å². The van der Waals surface area contributed by atoms with Gasteiger partial charge in [-0.05, 0) is 63.4 Å². The van der Waals surface area contributed by atoms with E-state index in [1.165, 1.54) is 27.5 Å². The molecule has 2 aromatic heterocycles. The molecule has 180 valence electrons. The van der Waals surface area contributed by atoms with E-state index in [1.54, 1.807) is 11.3 Å². The molecule has 2 fully saturated rings. The molecule has 8 heteroatoms. The van der Waals surface area contributed by atoms with Crippen molar-refractivity contribution in [3.05, 3.63) is 40.3 Å². The molecule has 2 atom stereocenters. The summed E-state index contributed by atoms with van der Waals surface area (Å²) in [5.74, 6) is 0.952. The summed E-state index contributed by atoms with van der Waals surface area (Å²) in [5.41, 5.74) is 7.02. The van der Waals surface area contributed by atoms with Crippen molar-refractivity contribution in [2.75, 3.05) is 50.1 Å². The van der Waals surface area contributed by atoms with E-state index in [0.717, 1.165) is 62.5 Å². The van der Waals surface area contributed by atoms with E-state index in [1.807, 2.05) is 0 Å². The monoisotopic (exact) mass is 478 g/mol. The van der Waals surface area contributed by atoms with Crippen molar-refractivity contribution in [3.8, 4) is 0 Å². The first-order valence-corrected chi connectivity index (χ1v) is 13.3. The highest BCUT2D eigenvalue weighted by Crippen LogP contribution is 2.38. The number of imidazole rings is 1. The fraction of sp³-hybridized carbons (Fsp3) is 0.500. The smallest absolute Gasteiger partial charge is 0.138 e. The van der Waals surface area contributed by atoms with Crippen LogP contribution in [0, 0.1) is 0 Å². The Morgan fingerprint density at radius 2 is 1.91 bits per heavy atom. The van der Waals surface area contributed by atoms with E-state index in [2.05, 4.69) is 76.0 Å². The van der Waals surface area contributed by atoms with Crippen molar-refractivity contribution in [1.29, 1.82) is 0 Å². The molecule has 2 saturated heterocycles. The third-order valence-electron chi connectivity index (χ3n) is 7.70. The Hall–Kier alpha value is -2.55. The fourth-order valence-electron chi connectivity index (χ4n) is 5.40. The second kappa shape index (κ2) is 8.91. The zero-order chi connectivity index (χ0) is 23.2. The Kier molecular flexibility index (Phi) is 5.75. The quantitative estimate of drug-likeness (QED) is 0.522. The normalized spacial score (nSPS) is 24.4. The summed E-state index contributed by atoms with van der Waals surface area (Å²) in [6.45, 7) is 9.12. The van der Waals surface area contributed by atoms with Gasteiger partial charge in [-0.1, -0.05) is 0 Å². The number of piperazine rings is 1. The summed E-state index contributed by atoms with van der Waals surface area (Å²) in [7, 11) is 2.23. The SMILES string of the molecule is C[C@@H]1CN(c2ccc3nc(C4=C(NC5CCOCC5)c5sccc5NC4)[nH]c3c2)C[C@H](C)N1C. The van der Waals surface area contributed by atoms with Crippen LogP contribution in [0.2, 0.25) is 0 Å². The summed E-state index contributed by atoms with van der Waals surface area (Å²) in [5, 5.41) is 9.62. The third-order valence-corrected chi connectivity index (χ3v) is 8.63. The van der Waals surface area contributed by atoms with Crippen LogP contribution in [-0.4, -0.2) is 72.9 Å². The molecule has 3 N–H and O–H groups in total. The van der Waals surface area contributed by atoms with Gasteiger partial charge in [0.05, 0.1) is 27.3 Å². The number of fused-ring (bicyclic) bond motifs is 2. The Bertz CT molecular complexity index is 1200. The lowest BCUT2D eigenvalue weighted by molar-refractivity contribution is 0.0819. The topological polar surface area (TPSA) is 68.5 Å². The maximum Gasteiger partial charge on any atom is 0.138 e. The molecule has 0 radical (unpaired) electrons. The molecular formula is C26H34N6OS. The Morgan fingerprint density at radius 3 is 2.71 bits per heavy atom. The number of nitrogens with zero attached hydrogens (tertiary/aromatic N) is 3. The lowest BCUT2D eigenvalue weighted by Gasteiger charge is -2.43. The van der Waals surface area contributed by atoms with Gasteiger partial charge < -0.3 is 25.3 Å². The number of likely N-dealkylation sites (N-methyl/N-ethyl adjacent to an activating group) is 1. The van der Waals surface area contributed by atoms with Crippen LogP contribution < -0.4 is 15.5 Å². The average molecular weight is 479 g/mol. The summed E-state index contributed by atoms with van der Waals surface area (Å²) in [4.78, 5) is 14.9. The van der Waals surface area contributed by atoms with Crippen LogP contribution >= 0.6 is 11.3 Å². The van der Waals surface area contributed by atoms with Crippen molar-refractivity contribution >= 4 is 45.0 Å². The highest BCUT2D eigenvalue weighted by atomic mass is 32.1. The molecular weight excluding hydrogens is 444 g/mol. The minimum absolute atomic E-state index is 0.434. The predicted molar refractivity (Wildman–Crippen MR) is 142 cm³/mol. The lowest BCUT2D eigenvalue weighted by Crippen LogP contribution is -2.55. The van der Waals surface area contributed by atoms with Crippen molar-refractivity contribution in [2.24, 2.45) is 0 Å². The number of benzene rings is 1. The van der Waals surface area contributed by atoms with Gasteiger partial charge in [-0.2, -0.15) is 0 Å². The molecule has 0 amide bonds. The molecule has 34 heavy (non-hydrogen) atoms. The lowest BCUT2D eigenvalue weighted by atomic mass is 10.0. The van der Waals surface area contributed by atoms with Gasteiger partial charge in [0.25, 0.3) is 0 Å². The number of thiophene rings is 1. The van der Waals surface area contributed by atoms with E-state index in [-0.39, 0.29) is 0 Å². The largest absolute Gasteiger partial charge is 0.381 e. The maximum absolute atomic E-state index is 5.58. The fourth-order valence-corrected chi connectivity index (χ4v) is 6.31. The molecule has 5 heterocycles. The molecule has 0 bridgehead atoms. The Balaban J connectivity index is 1.35. The first kappa shape index (κ1) is 21.9. The maximum atomic E-state index is 5.58. The second-order valence-corrected chi connectivity index (χ2v) is 10.9. The minimum atomic E-state index is 0.434. The van der Waals surface area contributed by atoms with Gasteiger partial charge in [0, 0.05) is 62.2 Å². The average Bonchev–Trinajstić information content (AvgIpc) is 3.49. The zero-order valence-electron chi connectivity index (χ0n) is 20.2. The Labute approximate surface area is 205 Å². The van der Waals surface area contributed by atoms with Gasteiger partial charge in [-0.15, -0.1) is 11.3 Å². The highest BCUT2D eigenvalue weighted by molar-refractivity contribution is 7.11. The number of H-pyrrole nitrogens is 1. The number of hydrogen-bond acceptors (Lipinski definition) is 7. The van der Waals surface area contributed by atoms with Gasteiger partial charge >= 0.3 is 0 Å². The standard InChI is InChI=1S/C26H34N6OS/c1-16-14-32(15-17(2)31(16)3)19-4-5-21-23(12-19)30-26(29-21)20-13-27-22-8-11-34-25(22)24(20)28-18-6-9-33-10-7-18/h4-5,8,11-12,16-18,27-28H,6-7,9-10,13-15H2,1-3H3,(H,29,30)/t16-,17+. The van der Waals surface area contributed by atoms with Gasteiger partial charge in [-0.25, -0.2) is 4.98 Å². The molecule has 1 aromatic carbocycles. The number of aromatic nitrogens is 2. The third kappa shape index (κ3) is 3.97. The predicted octanol–water partition coefficient (Wildman–Crippen LogP) is 4.22. The van der Waals surface area contributed by atoms with Gasteiger partial charge in [-0.3, -0.25) is 4.90 Å². The molecule has 3 aliphatic heterocycles.